The fourth-order valence-corrected chi connectivity index (χ4v) is 1.47. The molecule has 6 heteroatoms. The number of carbonyl (C=O) groups is 1. The van der Waals surface area contributed by atoms with Gasteiger partial charge in [-0.2, -0.15) is 5.10 Å². The molecule has 0 saturated heterocycles. The number of carboxylic acid groups (broad SMARTS) is 1. The van der Waals surface area contributed by atoms with Crippen molar-refractivity contribution in [3.63, 3.8) is 0 Å². The maximum Gasteiger partial charge on any atom is 0.337 e. The number of rotatable bonds is 1. The van der Waals surface area contributed by atoms with Gasteiger partial charge < -0.3 is 5.11 Å². The van der Waals surface area contributed by atoms with Gasteiger partial charge in [0, 0.05) is 13.2 Å². The molecule has 0 aliphatic carbocycles. The Labute approximate surface area is 83.9 Å². The molecule has 2 aromatic heterocycles. The Kier molecular flexibility index (Phi) is 1.89. The van der Waals surface area contributed by atoms with Crippen molar-refractivity contribution in [1.82, 2.24) is 14.8 Å². The lowest BCUT2D eigenvalue weighted by molar-refractivity contribution is 0.0696. The van der Waals surface area contributed by atoms with Crippen LogP contribution >= 0.6 is 11.6 Å². The van der Waals surface area contributed by atoms with E-state index in [1.54, 1.807) is 7.05 Å². The molecule has 0 aliphatic heterocycles. The third-order valence-corrected chi connectivity index (χ3v) is 2.16. The topological polar surface area (TPSA) is 68.0 Å². The summed E-state index contributed by atoms with van der Waals surface area (Å²) in [6, 6.07) is 1.46. The fourth-order valence-electron chi connectivity index (χ4n) is 1.22. The van der Waals surface area contributed by atoms with E-state index in [0.29, 0.717) is 11.0 Å². The minimum absolute atomic E-state index is 0.104. The highest BCUT2D eigenvalue weighted by Gasteiger charge is 2.11. The second kappa shape index (κ2) is 2.95. The van der Waals surface area contributed by atoms with Gasteiger partial charge in [-0.3, -0.25) is 0 Å². The molecule has 0 spiro atoms. The van der Waals surface area contributed by atoms with Gasteiger partial charge in [0.05, 0.1) is 10.9 Å². The third-order valence-electron chi connectivity index (χ3n) is 1.88. The van der Waals surface area contributed by atoms with Gasteiger partial charge in [0.15, 0.2) is 10.8 Å². The first kappa shape index (κ1) is 8.96. The van der Waals surface area contributed by atoms with Crippen molar-refractivity contribution in [3.05, 3.63) is 23.0 Å². The summed E-state index contributed by atoms with van der Waals surface area (Å²) in [6.07, 6.45) is 1.28. The number of pyridine rings is 1. The summed E-state index contributed by atoms with van der Waals surface area (Å²) < 4.78 is 1.50. The van der Waals surface area contributed by atoms with E-state index >= 15 is 0 Å². The molecule has 0 saturated carbocycles. The van der Waals surface area contributed by atoms with Crippen LogP contribution in [0.2, 0.25) is 5.15 Å². The predicted octanol–water partition coefficient (Wildman–Crippen LogP) is 1.32. The van der Waals surface area contributed by atoms with E-state index in [-0.39, 0.29) is 10.7 Å². The average Bonchev–Trinajstić information content (AvgIpc) is 2.42. The first-order valence-electron chi connectivity index (χ1n) is 3.81. The second-order valence-corrected chi connectivity index (χ2v) is 3.17. The second-order valence-electron chi connectivity index (χ2n) is 2.81. The lowest BCUT2D eigenvalue weighted by atomic mass is 10.2. The van der Waals surface area contributed by atoms with E-state index in [2.05, 4.69) is 10.1 Å². The smallest absolute Gasteiger partial charge is 0.337 e. The molecule has 0 aromatic carbocycles. The number of carboxylic acids is 1. The van der Waals surface area contributed by atoms with E-state index in [0.717, 1.165) is 0 Å². The lowest BCUT2D eigenvalue weighted by Crippen LogP contribution is -1.98. The van der Waals surface area contributed by atoms with Gasteiger partial charge in [-0.05, 0) is 6.07 Å². The molecule has 0 bridgehead atoms. The standard InChI is InChI=1S/C8H6ClN3O2/c1-12-7-5(6(9)11-12)2-4(3-10-7)8(13)14/h2-3H,1H3,(H,13,14). The molecule has 0 aliphatic rings. The van der Waals surface area contributed by atoms with Crippen LogP contribution in [0.3, 0.4) is 0 Å². The van der Waals surface area contributed by atoms with E-state index in [9.17, 15) is 4.79 Å². The van der Waals surface area contributed by atoms with Crippen molar-refractivity contribution in [2.75, 3.05) is 0 Å². The van der Waals surface area contributed by atoms with Crippen LogP contribution in [0.15, 0.2) is 12.3 Å². The Morgan fingerprint density at radius 3 is 3.00 bits per heavy atom. The van der Waals surface area contributed by atoms with Gasteiger partial charge in [-0.25, -0.2) is 14.5 Å². The van der Waals surface area contributed by atoms with E-state index in [4.69, 9.17) is 16.7 Å². The molecule has 2 heterocycles. The summed E-state index contributed by atoms with van der Waals surface area (Å²) >= 11 is 5.79. The summed E-state index contributed by atoms with van der Waals surface area (Å²) in [7, 11) is 1.70. The van der Waals surface area contributed by atoms with Crippen LogP contribution in [0, 0.1) is 0 Å². The Hall–Kier alpha value is -1.62. The third kappa shape index (κ3) is 1.22. The van der Waals surface area contributed by atoms with Crippen LogP contribution in [-0.4, -0.2) is 25.8 Å². The quantitative estimate of drug-likeness (QED) is 0.773. The highest BCUT2D eigenvalue weighted by Crippen LogP contribution is 2.21. The normalized spacial score (nSPS) is 10.7. The van der Waals surface area contributed by atoms with Gasteiger partial charge in [0.1, 0.15) is 0 Å². The first-order valence-corrected chi connectivity index (χ1v) is 4.19. The number of aryl methyl sites for hydroxylation is 1. The molecular weight excluding hydrogens is 206 g/mol. The van der Waals surface area contributed by atoms with E-state index in [1.807, 2.05) is 0 Å². The van der Waals surface area contributed by atoms with Crippen molar-refractivity contribution in [1.29, 1.82) is 0 Å². The van der Waals surface area contributed by atoms with E-state index < -0.39 is 5.97 Å². The molecule has 2 rings (SSSR count). The van der Waals surface area contributed by atoms with Crippen molar-refractivity contribution in [2.24, 2.45) is 7.05 Å². The molecule has 0 fully saturated rings. The van der Waals surface area contributed by atoms with Gasteiger partial charge in [0.25, 0.3) is 0 Å². The lowest BCUT2D eigenvalue weighted by Gasteiger charge is -1.94. The SMILES string of the molecule is Cn1nc(Cl)c2cc(C(=O)O)cnc21. The van der Waals surface area contributed by atoms with Gasteiger partial charge in [-0.1, -0.05) is 11.6 Å². The van der Waals surface area contributed by atoms with Crippen molar-refractivity contribution in [2.45, 2.75) is 0 Å². The van der Waals surface area contributed by atoms with Crippen LogP contribution in [0.1, 0.15) is 10.4 Å². The number of hydrogen-bond acceptors (Lipinski definition) is 3. The number of aromatic nitrogens is 3. The van der Waals surface area contributed by atoms with Gasteiger partial charge >= 0.3 is 5.97 Å². The predicted molar refractivity (Wildman–Crippen MR) is 50.5 cm³/mol. The van der Waals surface area contributed by atoms with Crippen LogP contribution < -0.4 is 0 Å². The Morgan fingerprint density at radius 1 is 1.64 bits per heavy atom. The molecule has 5 nitrogen and oxygen atoms in total. The molecule has 14 heavy (non-hydrogen) atoms. The minimum Gasteiger partial charge on any atom is -0.478 e. The summed E-state index contributed by atoms with van der Waals surface area (Å²) in [4.78, 5) is 14.6. The summed E-state index contributed by atoms with van der Waals surface area (Å²) in [5.74, 6) is -1.03. The summed E-state index contributed by atoms with van der Waals surface area (Å²) in [6.45, 7) is 0. The fraction of sp³-hybridized carbons (Fsp3) is 0.125. The molecule has 72 valence electrons. The van der Waals surface area contributed by atoms with Crippen molar-refractivity contribution < 1.29 is 9.90 Å². The molecule has 2 aromatic rings. The van der Waals surface area contributed by atoms with Crippen LogP contribution in [-0.2, 0) is 7.05 Å². The maximum atomic E-state index is 10.7. The number of hydrogen-bond donors (Lipinski definition) is 1. The highest BCUT2D eigenvalue weighted by molar-refractivity contribution is 6.34. The molecule has 1 N–H and O–H groups in total. The van der Waals surface area contributed by atoms with Gasteiger partial charge in [0.2, 0.25) is 0 Å². The zero-order chi connectivity index (χ0) is 10.3. The Bertz CT molecular complexity index is 521. The first-order chi connectivity index (χ1) is 6.59. The van der Waals surface area contributed by atoms with Crippen LogP contribution in [0.25, 0.3) is 11.0 Å². The molecule has 0 unspecified atom stereocenters. The molecule has 0 radical (unpaired) electrons. The number of nitrogens with zero attached hydrogens (tertiary/aromatic N) is 3. The minimum atomic E-state index is -1.03. The highest BCUT2D eigenvalue weighted by atomic mass is 35.5. The summed E-state index contributed by atoms with van der Waals surface area (Å²) in [5.41, 5.74) is 0.674. The monoisotopic (exact) mass is 211 g/mol. The van der Waals surface area contributed by atoms with Crippen molar-refractivity contribution >= 4 is 28.6 Å². The zero-order valence-corrected chi connectivity index (χ0v) is 7.99. The van der Waals surface area contributed by atoms with Crippen molar-refractivity contribution in [3.8, 4) is 0 Å². The van der Waals surface area contributed by atoms with Crippen LogP contribution in [0.5, 0.6) is 0 Å². The molecular formula is C8H6ClN3O2. The van der Waals surface area contributed by atoms with Gasteiger partial charge in [-0.15, -0.1) is 0 Å². The Morgan fingerprint density at radius 2 is 2.36 bits per heavy atom. The average molecular weight is 212 g/mol. The number of halogens is 1. The molecule has 0 atom stereocenters. The largest absolute Gasteiger partial charge is 0.478 e. The van der Waals surface area contributed by atoms with E-state index in [1.165, 1.54) is 16.9 Å². The zero-order valence-electron chi connectivity index (χ0n) is 7.23. The number of aromatic carboxylic acids is 1. The maximum absolute atomic E-state index is 10.7. The van der Waals surface area contributed by atoms with Crippen LogP contribution in [0.4, 0.5) is 0 Å². The Balaban J connectivity index is 2.77. The summed E-state index contributed by atoms with van der Waals surface area (Å²) in [5, 5.41) is 13.5. The molecule has 0 amide bonds. The number of fused-ring (bicyclic) bond motifs is 1.